The molecule has 5 unspecified atom stereocenters. The van der Waals surface area contributed by atoms with Crippen molar-refractivity contribution in [1.29, 1.82) is 0 Å². The van der Waals surface area contributed by atoms with Gasteiger partial charge >= 0.3 is 0 Å². The van der Waals surface area contributed by atoms with Crippen LogP contribution in [0, 0.1) is 29.6 Å². The summed E-state index contributed by atoms with van der Waals surface area (Å²) in [5.41, 5.74) is 3.09. The molecule has 5 atom stereocenters. The monoisotopic (exact) mass is 226 g/mol. The average Bonchev–Trinajstić information content (AvgIpc) is 2.24. The summed E-state index contributed by atoms with van der Waals surface area (Å²) in [5.74, 6) is 9.66. The minimum Gasteiger partial charge on any atom is -0.271 e. The molecule has 0 aromatic rings. The lowest BCUT2D eigenvalue weighted by Gasteiger charge is -2.40. The molecule has 3 N–H and O–H groups in total. The first-order chi connectivity index (χ1) is 7.47. The average molecular weight is 226 g/mol. The van der Waals surface area contributed by atoms with E-state index >= 15 is 0 Å². The van der Waals surface area contributed by atoms with Gasteiger partial charge in [-0.3, -0.25) is 11.3 Å². The molecule has 0 aromatic carbocycles. The third-order valence-electron chi connectivity index (χ3n) is 4.96. The summed E-state index contributed by atoms with van der Waals surface area (Å²) < 4.78 is 0. The van der Waals surface area contributed by atoms with Crippen LogP contribution in [0.1, 0.15) is 53.9 Å². The van der Waals surface area contributed by atoms with E-state index in [0.717, 1.165) is 17.8 Å². The zero-order valence-corrected chi connectivity index (χ0v) is 11.7. The lowest BCUT2D eigenvalue weighted by Crippen LogP contribution is -2.48. The van der Waals surface area contributed by atoms with Crippen molar-refractivity contribution in [2.75, 3.05) is 0 Å². The summed E-state index contributed by atoms with van der Waals surface area (Å²) in [6, 6.07) is 0.495. The fourth-order valence-corrected chi connectivity index (χ4v) is 3.05. The number of hydrogen-bond acceptors (Lipinski definition) is 2. The SMILES string of the molecule is CC(C)C(C)C(NN)C1CCC(C)C(C)C1. The van der Waals surface area contributed by atoms with Gasteiger partial charge in [0.1, 0.15) is 0 Å². The fraction of sp³-hybridized carbons (Fsp3) is 1.00. The van der Waals surface area contributed by atoms with Crippen molar-refractivity contribution in [3.05, 3.63) is 0 Å². The quantitative estimate of drug-likeness (QED) is 0.571. The third-order valence-corrected chi connectivity index (χ3v) is 4.96. The Kier molecular flexibility index (Phi) is 5.26. The van der Waals surface area contributed by atoms with E-state index in [-0.39, 0.29) is 0 Å². The standard InChI is InChI=1S/C14H30N2/c1-9(2)12(5)14(16-15)13-7-6-10(3)11(4)8-13/h9-14,16H,6-8,15H2,1-5H3. The van der Waals surface area contributed by atoms with Crippen molar-refractivity contribution in [3.63, 3.8) is 0 Å². The molecule has 0 spiro atoms. The Morgan fingerprint density at radius 3 is 2.12 bits per heavy atom. The van der Waals surface area contributed by atoms with Crippen molar-refractivity contribution in [1.82, 2.24) is 5.43 Å². The molecule has 16 heavy (non-hydrogen) atoms. The lowest BCUT2D eigenvalue weighted by molar-refractivity contribution is 0.130. The van der Waals surface area contributed by atoms with Gasteiger partial charge in [0.2, 0.25) is 0 Å². The van der Waals surface area contributed by atoms with Gasteiger partial charge in [0.25, 0.3) is 0 Å². The number of hydrogen-bond donors (Lipinski definition) is 2. The van der Waals surface area contributed by atoms with Crippen LogP contribution < -0.4 is 11.3 Å². The van der Waals surface area contributed by atoms with Crippen LogP contribution in [0.4, 0.5) is 0 Å². The lowest BCUT2D eigenvalue weighted by atomic mass is 9.70. The van der Waals surface area contributed by atoms with E-state index in [1.165, 1.54) is 19.3 Å². The van der Waals surface area contributed by atoms with E-state index in [9.17, 15) is 0 Å². The van der Waals surface area contributed by atoms with Crippen LogP contribution in [0.2, 0.25) is 0 Å². The first-order valence-corrected chi connectivity index (χ1v) is 6.93. The third kappa shape index (κ3) is 3.21. The Labute approximate surface area is 101 Å². The summed E-state index contributed by atoms with van der Waals surface area (Å²) in [4.78, 5) is 0. The summed E-state index contributed by atoms with van der Waals surface area (Å²) in [6.07, 6.45) is 4.05. The smallest absolute Gasteiger partial charge is 0.0266 e. The number of hydrazine groups is 1. The molecule has 1 fully saturated rings. The molecule has 2 nitrogen and oxygen atoms in total. The molecule has 1 rings (SSSR count). The van der Waals surface area contributed by atoms with E-state index in [1.54, 1.807) is 0 Å². The van der Waals surface area contributed by atoms with E-state index < -0.39 is 0 Å². The Hall–Kier alpha value is -0.0800. The molecule has 0 amide bonds. The molecule has 1 aliphatic rings. The van der Waals surface area contributed by atoms with Gasteiger partial charge in [-0.25, -0.2) is 0 Å². The van der Waals surface area contributed by atoms with Crippen molar-refractivity contribution >= 4 is 0 Å². The minimum absolute atomic E-state index is 0.495. The summed E-state index contributed by atoms with van der Waals surface area (Å²) in [5, 5.41) is 0. The van der Waals surface area contributed by atoms with Crippen LogP contribution in [-0.4, -0.2) is 6.04 Å². The Bertz CT molecular complexity index is 203. The van der Waals surface area contributed by atoms with Gasteiger partial charge in [-0.05, 0) is 42.4 Å². The highest BCUT2D eigenvalue weighted by Gasteiger charge is 2.33. The molecule has 0 radical (unpaired) electrons. The van der Waals surface area contributed by atoms with Crippen LogP contribution in [-0.2, 0) is 0 Å². The van der Waals surface area contributed by atoms with Crippen LogP contribution in [0.3, 0.4) is 0 Å². The number of nitrogens with one attached hydrogen (secondary N) is 1. The van der Waals surface area contributed by atoms with E-state index in [2.05, 4.69) is 40.0 Å². The molecule has 0 bridgehead atoms. The topological polar surface area (TPSA) is 38.0 Å². The van der Waals surface area contributed by atoms with Gasteiger partial charge in [0.05, 0.1) is 0 Å². The maximum atomic E-state index is 5.77. The molecular weight excluding hydrogens is 196 g/mol. The predicted molar refractivity (Wildman–Crippen MR) is 70.8 cm³/mol. The highest BCUT2D eigenvalue weighted by molar-refractivity contribution is 4.86. The van der Waals surface area contributed by atoms with E-state index in [0.29, 0.717) is 17.9 Å². The fourth-order valence-electron chi connectivity index (χ4n) is 3.05. The predicted octanol–water partition coefficient (Wildman–Crippen LogP) is 3.18. The highest BCUT2D eigenvalue weighted by atomic mass is 15.2. The molecule has 0 saturated heterocycles. The van der Waals surface area contributed by atoms with Crippen LogP contribution >= 0.6 is 0 Å². The second-order valence-electron chi connectivity index (χ2n) is 6.32. The van der Waals surface area contributed by atoms with E-state index in [4.69, 9.17) is 5.84 Å². The second-order valence-corrected chi connectivity index (χ2v) is 6.32. The van der Waals surface area contributed by atoms with Crippen molar-refractivity contribution in [3.8, 4) is 0 Å². The Morgan fingerprint density at radius 1 is 1.06 bits per heavy atom. The maximum Gasteiger partial charge on any atom is 0.0266 e. The van der Waals surface area contributed by atoms with Gasteiger partial charge < -0.3 is 0 Å². The summed E-state index contributed by atoms with van der Waals surface area (Å²) in [6.45, 7) is 11.7. The van der Waals surface area contributed by atoms with Crippen LogP contribution in [0.5, 0.6) is 0 Å². The zero-order valence-electron chi connectivity index (χ0n) is 11.7. The first kappa shape index (κ1) is 14.0. The van der Waals surface area contributed by atoms with Gasteiger partial charge in [0.15, 0.2) is 0 Å². The van der Waals surface area contributed by atoms with Gasteiger partial charge in [-0.1, -0.05) is 41.0 Å². The molecule has 2 heteroatoms. The minimum atomic E-state index is 0.495. The van der Waals surface area contributed by atoms with Crippen LogP contribution in [0.25, 0.3) is 0 Å². The van der Waals surface area contributed by atoms with Crippen molar-refractivity contribution < 1.29 is 0 Å². The molecule has 0 aliphatic heterocycles. The Balaban J connectivity index is 2.60. The molecule has 96 valence electrons. The van der Waals surface area contributed by atoms with Gasteiger partial charge in [0, 0.05) is 6.04 Å². The molecule has 1 aliphatic carbocycles. The molecular formula is C14H30N2. The van der Waals surface area contributed by atoms with E-state index in [1.807, 2.05) is 0 Å². The van der Waals surface area contributed by atoms with Crippen molar-refractivity contribution in [2.45, 2.75) is 59.9 Å². The van der Waals surface area contributed by atoms with Crippen molar-refractivity contribution in [2.24, 2.45) is 35.4 Å². The Morgan fingerprint density at radius 2 is 1.69 bits per heavy atom. The normalized spacial score (nSPS) is 35.1. The number of nitrogens with two attached hydrogens (primary N) is 1. The van der Waals surface area contributed by atoms with Gasteiger partial charge in [-0.15, -0.1) is 0 Å². The highest BCUT2D eigenvalue weighted by Crippen LogP contribution is 2.37. The zero-order chi connectivity index (χ0) is 12.3. The molecule has 1 saturated carbocycles. The first-order valence-electron chi connectivity index (χ1n) is 6.93. The number of rotatable bonds is 4. The summed E-state index contributed by atoms with van der Waals surface area (Å²) >= 11 is 0. The second kappa shape index (κ2) is 6.02. The van der Waals surface area contributed by atoms with Gasteiger partial charge in [-0.2, -0.15) is 0 Å². The summed E-state index contributed by atoms with van der Waals surface area (Å²) in [7, 11) is 0. The van der Waals surface area contributed by atoms with Crippen LogP contribution in [0.15, 0.2) is 0 Å². The molecule has 0 aromatic heterocycles. The molecule has 0 heterocycles. The maximum absolute atomic E-state index is 5.77. The largest absolute Gasteiger partial charge is 0.271 e.